The molecule has 110 valence electrons. The van der Waals surface area contributed by atoms with E-state index in [1.807, 2.05) is 0 Å². The highest BCUT2D eigenvalue weighted by Gasteiger charge is 2.17. The van der Waals surface area contributed by atoms with E-state index in [0.29, 0.717) is 0 Å². The molecular formula is C19H24N2. The Balaban J connectivity index is 1.71. The van der Waals surface area contributed by atoms with E-state index in [0.717, 1.165) is 12.5 Å². The van der Waals surface area contributed by atoms with Gasteiger partial charge in [-0.2, -0.15) is 0 Å². The molecule has 0 spiro atoms. The number of piperidine rings is 1. The fraction of sp³-hybridized carbons (Fsp3) is 0.368. The van der Waals surface area contributed by atoms with Crippen LogP contribution >= 0.6 is 0 Å². The van der Waals surface area contributed by atoms with E-state index in [2.05, 4.69) is 71.9 Å². The maximum absolute atomic E-state index is 3.68. The minimum atomic E-state index is 0.757. The predicted molar refractivity (Wildman–Crippen MR) is 90.6 cm³/mol. The monoisotopic (exact) mass is 280 g/mol. The maximum atomic E-state index is 3.68. The fourth-order valence-electron chi connectivity index (χ4n) is 3.20. The van der Waals surface area contributed by atoms with Crippen molar-refractivity contribution in [3.8, 4) is 11.1 Å². The molecule has 1 aliphatic heterocycles. The van der Waals surface area contributed by atoms with Gasteiger partial charge >= 0.3 is 0 Å². The van der Waals surface area contributed by atoms with Gasteiger partial charge in [-0.05, 0) is 44.0 Å². The van der Waals surface area contributed by atoms with Crippen molar-refractivity contribution in [1.82, 2.24) is 4.90 Å². The van der Waals surface area contributed by atoms with Crippen molar-refractivity contribution in [3.05, 3.63) is 54.6 Å². The third-order valence-corrected chi connectivity index (χ3v) is 4.32. The molecule has 2 nitrogen and oxygen atoms in total. The lowest BCUT2D eigenvalue weighted by Crippen LogP contribution is -2.35. The molecule has 1 heterocycles. The highest BCUT2D eigenvalue weighted by molar-refractivity contribution is 5.77. The summed E-state index contributed by atoms with van der Waals surface area (Å²) in [6, 6.07) is 19.2. The molecule has 0 bridgehead atoms. The lowest BCUT2D eigenvalue weighted by Gasteiger charge is -2.30. The Morgan fingerprint density at radius 3 is 2.62 bits per heavy atom. The van der Waals surface area contributed by atoms with E-state index in [-0.39, 0.29) is 0 Å². The van der Waals surface area contributed by atoms with Gasteiger partial charge < -0.3 is 10.2 Å². The first-order valence-electron chi connectivity index (χ1n) is 7.90. The molecule has 3 rings (SSSR count). The van der Waals surface area contributed by atoms with Gasteiger partial charge in [0.15, 0.2) is 0 Å². The molecule has 0 amide bonds. The molecule has 0 radical (unpaired) electrons. The Labute approximate surface area is 127 Å². The number of nitrogens with zero attached hydrogens (tertiary/aromatic N) is 1. The van der Waals surface area contributed by atoms with E-state index in [1.165, 1.54) is 42.7 Å². The maximum Gasteiger partial charge on any atom is 0.0419 e. The van der Waals surface area contributed by atoms with Gasteiger partial charge in [-0.3, -0.25) is 0 Å². The second-order valence-corrected chi connectivity index (χ2v) is 6.06. The minimum Gasteiger partial charge on any atom is -0.384 e. The molecule has 1 N–H and O–H groups in total. The largest absolute Gasteiger partial charge is 0.384 e. The Morgan fingerprint density at radius 1 is 1.05 bits per heavy atom. The van der Waals surface area contributed by atoms with Crippen LogP contribution in [0.2, 0.25) is 0 Å². The Morgan fingerprint density at radius 2 is 1.81 bits per heavy atom. The van der Waals surface area contributed by atoms with Crippen LogP contribution in [0.5, 0.6) is 0 Å². The summed E-state index contributed by atoms with van der Waals surface area (Å²) in [7, 11) is 2.23. The topological polar surface area (TPSA) is 15.3 Å². The number of para-hydroxylation sites is 1. The number of anilines is 1. The summed E-state index contributed by atoms with van der Waals surface area (Å²) >= 11 is 0. The van der Waals surface area contributed by atoms with E-state index in [4.69, 9.17) is 0 Å². The number of nitrogens with one attached hydrogen (secondary N) is 1. The van der Waals surface area contributed by atoms with E-state index < -0.39 is 0 Å². The second kappa shape index (κ2) is 6.77. The average molecular weight is 280 g/mol. The van der Waals surface area contributed by atoms with Crippen molar-refractivity contribution in [2.45, 2.75) is 12.8 Å². The van der Waals surface area contributed by atoms with Crippen LogP contribution in [0.3, 0.4) is 0 Å². The summed E-state index contributed by atoms with van der Waals surface area (Å²) in [5, 5.41) is 3.68. The Hall–Kier alpha value is -1.80. The van der Waals surface area contributed by atoms with Gasteiger partial charge in [-0.15, -0.1) is 0 Å². The second-order valence-electron chi connectivity index (χ2n) is 6.06. The highest BCUT2D eigenvalue weighted by Crippen LogP contribution is 2.28. The molecule has 1 fully saturated rings. The molecule has 1 aliphatic rings. The average Bonchev–Trinajstić information content (AvgIpc) is 2.54. The van der Waals surface area contributed by atoms with Crippen molar-refractivity contribution in [1.29, 1.82) is 0 Å². The quantitative estimate of drug-likeness (QED) is 0.906. The summed E-state index contributed by atoms with van der Waals surface area (Å²) in [4.78, 5) is 2.44. The number of hydrogen-bond donors (Lipinski definition) is 1. The number of benzene rings is 2. The summed E-state index contributed by atoms with van der Waals surface area (Å²) in [5.74, 6) is 0.757. The standard InChI is InChI=1S/C19H24N2/c1-21-13-7-8-16(15-21)14-20-19-12-6-5-11-18(19)17-9-3-2-4-10-17/h2-6,9-12,16,20H,7-8,13-15H2,1H3. The van der Waals surface area contributed by atoms with Crippen LogP contribution in [-0.4, -0.2) is 31.6 Å². The van der Waals surface area contributed by atoms with Crippen LogP contribution in [0.1, 0.15) is 12.8 Å². The molecular weight excluding hydrogens is 256 g/mol. The third kappa shape index (κ3) is 3.64. The van der Waals surface area contributed by atoms with Crippen LogP contribution in [0.25, 0.3) is 11.1 Å². The molecule has 21 heavy (non-hydrogen) atoms. The van der Waals surface area contributed by atoms with E-state index in [1.54, 1.807) is 0 Å². The smallest absolute Gasteiger partial charge is 0.0419 e. The zero-order valence-electron chi connectivity index (χ0n) is 12.8. The van der Waals surface area contributed by atoms with Crippen LogP contribution < -0.4 is 5.32 Å². The predicted octanol–water partition coefficient (Wildman–Crippen LogP) is 4.11. The molecule has 2 aromatic carbocycles. The Bertz CT molecular complexity index is 565. The third-order valence-electron chi connectivity index (χ3n) is 4.32. The Kier molecular flexibility index (Phi) is 4.56. The van der Waals surface area contributed by atoms with Crippen molar-refractivity contribution < 1.29 is 0 Å². The van der Waals surface area contributed by atoms with Gasteiger partial charge in [0.05, 0.1) is 0 Å². The summed E-state index contributed by atoms with van der Waals surface area (Å²) in [6.45, 7) is 3.52. The van der Waals surface area contributed by atoms with Crippen molar-refractivity contribution in [2.75, 3.05) is 32.0 Å². The van der Waals surface area contributed by atoms with Crippen molar-refractivity contribution >= 4 is 5.69 Å². The van der Waals surface area contributed by atoms with Gasteiger partial charge in [-0.1, -0.05) is 48.5 Å². The molecule has 0 aliphatic carbocycles. The van der Waals surface area contributed by atoms with Gasteiger partial charge in [0, 0.05) is 24.3 Å². The minimum absolute atomic E-state index is 0.757. The fourth-order valence-corrected chi connectivity index (χ4v) is 3.20. The van der Waals surface area contributed by atoms with Gasteiger partial charge in [0.1, 0.15) is 0 Å². The normalized spacial score (nSPS) is 19.4. The van der Waals surface area contributed by atoms with Crippen LogP contribution in [-0.2, 0) is 0 Å². The number of likely N-dealkylation sites (tertiary alicyclic amines) is 1. The van der Waals surface area contributed by atoms with E-state index in [9.17, 15) is 0 Å². The first-order valence-corrected chi connectivity index (χ1v) is 7.90. The van der Waals surface area contributed by atoms with Gasteiger partial charge in [0.25, 0.3) is 0 Å². The zero-order chi connectivity index (χ0) is 14.5. The SMILES string of the molecule is CN1CCCC(CNc2ccccc2-c2ccccc2)C1. The van der Waals surface area contributed by atoms with Gasteiger partial charge in [0.2, 0.25) is 0 Å². The molecule has 2 heteroatoms. The first-order chi connectivity index (χ1) is 10.3. The summed E-state index contributed by atoms with van der Waals surface area (Å²) in [6.07, 6.45) is 2.66. The zero-order valence-corrected chi connectivity index (χ0v) is 12.8. The lowest BCUT2D eigenvalue weighted by atomic mass is 9.97. The van der Waals surface area contributed by atoms with Crippen molar-refractivity contribution in [3.63, 3.8) is 0 Å². The number of hydrogen-bond acceptors (Lipinski definition) is 2. The van der Waals surface area contributed by atoms with Crippen LogP contribution in [0, 0.1) is 5.92 Å². The van der Waals surface area contributed by atoms with Crippen molar-refractivity contribution in [2.24, 2.45) is 5.92 Å². The molecule has 1 saturated heterocycles. The van der Waals surface area contributed by atoms with E-state index >= 15 is 0 Å². The first kappa shape index (κ1) is 14.2. The lowest BCUT2D eigenvalue weighted by molar-refractivity contribution is 0.217. The number of rotatable bonds is 4. The molecule has 1 atom stereocenters. The summed E-state index contributed by atoms with van der Waals surface area (Å²) < 4.78 is 0. The molecule has 1 unspecified atom stereocenters. The highest BCUT2D eigenvalue weighted by atomic mass is 15.1. The van der Waals surface area contributed by atoms with Gasteiger partial charge in [-0.25, -0.2) is 0 Å². The summed E-state index contributed by atoms with van der Waals surface area (Å²) in [5.41, 5.74) is 3.82. The molecule has 0 aromatic heterocycles. The van der Waals surface area contributed by atoms with Crippen LogP contribution in [0.4, 0.5) is 5.69 Å². The molecule has 0 saturated carbocycles. The molecule has 2 aromatic rings. The van der Waals surface area contributed by atoms with Crippen LogP contribution in [0.15, 0.2) is 54.6 Å².